The van der Waals surface area contributed by atoms with Gasteiger partial charge in [0.25, 0.3) is 0 Å². The number of rotatable bonds is 0. The maximum atomic E-state index is 12.3. The molecule has 3 heteroatoms. The normalized spacial score (nSPS) is 32.1. The van der Waals surface area contributed by atoms with E-state index in [1.54, 1.807) is 0 Å². The van der Waals surface area contributed by atoms with Crippen LogP contribution in [0.25, 0.3) is 0 Å². The van der Waals surface area contributed by atoms with Crippen molar-refractivity contribution < 1.29 is 14.3 Å². The van der Waals surface area contributed by atoms with Gasteiger partial charge in [0.15, 0.2) is 11.6 Å². The van der Waals surface area contributed by atoms with Crippen molar-refractivity contribution in [1.82, 2.24) is 0 Å². The van der Waals surface area contributed by atoms with Gasteiger partial charge in [-0.05, 0) is 18.4 Å². The Morgan fingerprint density at radius 3 is 2.68 bits per heavy atom. The van der Waals surface area contributed by atoms with Crippen molar-refractivity contribution in [2.75, 3.05) is 13.2 Å². The molecule has 1 atom stereocenters. The Balaban J connectivity index is 1.77. The Morgan fingerprint density at radius 2 is 1.84 bits per heavy atom. The third-order valence-corrected chi connectivity index (χ3v) is 4.93. The molecular weight excluding hydrogens is 240 g/mol. The van der Waals surface area contributed by atoms with Gasteiger partial charge in [-0.15, -0.1) is 0 Å². The molecule has 1 saturated carbocycles. The van der Waals surface area contributed by atoms with Crippen molar-refractivity contribution in [3.05, 3.63) is 35.4 Å². The van der Waals surface area contributed by atoms with Gasteiger partial charge in [0.1, 0.15) is 0 Å². The van der Waals surface area contributed by atoms with Gasteiger partial charge in [0.2, 0.25) is 0 Å². The smallest absolute Gasteiger partial charge is 0.169 e. The van der Waals surface area contributed by atoms with Gasteiger partial charge in [-0.2, -0.15) is 0 Å². The maximum Gasteiger partial charge on any atom is 0.169 e. The van der Waals surface area contributed by atoms with Crippen LogP contribution in [0.15, 0.2) is 24.3 Å². The van der Waals surface area contributed by atoms with Crippen LogP contribution in [0.1, 0.15) is 48.0 Å². The third kappa shape index (κ3) is 1.61. The van der Waals surface area contributed by atoms with Crippen molar-refractivity contribution in [3.8, 4) is 0 Å². The monoisotopic (exact) mass is 258 g/mol. The fraction of sp³-hybridized carbons (Fsp3) is 0.562. The van der Waals surface area contributed by atoms with Crippen molar-refractivity contribution >= 4 is 5.78 Å². The molecule has 1 saturated heterocycles. The summed E-state index contributed by atoms with van der Waals surface area (Å²) in [5.41, 5.74) is 2.09. The zero-order chi connectivity index (χ0) is 12.9. The molecule has 0 radical (unpaired) electrons. The van der Waals surface area contributed by atoms with E-state index in [1.807, 2.05) is 18.2 Å². The standard InChI is InChI=1S/C16H18O3/c17-14-10-15(13-5-2-1-4-12(13)14)6-3-7-16(11-15)18-8-9-19-16/h1-2,4-5H,3,6-11H2/t15-/m0/s1. The minimum absolute atomic E-state index is 0.0454. The number of ketones is 1. The molecule has 0 unspecified atom stereocenters. The summed E-state index contributed by atoms with van der Waals surface area (Å²) in [6, 6.07) is 8.08. The predicted octanol–water partition coefficient (Wildman–Crippen LogP) is 2.83. The summed E-state index contributed by atoms with van der Waals surface area (Å²) in [5, 5.41) is 0. The van der Waals surface area contributed by atoms with Gasteiger partial charge in [-0.25, -0.2) is 0 Å². The fourth-order valence-electron chi connectivity index (χ4n) is 4.20. The molecule has 0 amide bonds. The van der Waals surface area contributed by atoms with Crippen LogP contribution in [0.3, 0.4) is 0 Å². The van der Waals surface area contributed by atoms with Crippen LogP contribution in [0.4, 0.5) is 0 Å². The number of fused-ring (bicyclic) bond motifs is 2. The zero-order valence-corrected chi connectivity index (χ0v) is 11.0. The molecule has 4 rings (SSSR count). The van der Waals surface area contributed by atoms with Crippen molar-refractivity contribution in [1.29, 1.82) is 0 Å². The Bertz CT molecular complexity index is 531. The van der Waals surface area contributed by atoms with Crippen LogP contribution in [0, 0.1) is 0 Å². The van der Waals surface area contributed by atoms with E-state index in [1.165, 1.54) is 5.56 Å². The van der Waals surface area contributed by atoms with E-state index in [4.69, 9.17) is 9.47 Å². The molecule has 1 aromatic carbocycles. The summed E-state index contributed by atoms with van der Waals surface area (Å²) >= 11 is 0. The predicted molar refractivity (Wildman–Crippen MR) is 70.2 cm³/mol. The summed E-state index contributed by atoms with van der Waals surface area (Å²) in [5.74, 6) is -0.138. The second-order valence-electron chi connectivity index (χ2n) is 6.06. The van der Waals surface area contributed by atoms with Crippen LogP contribution >= 0.6 is 0 Å². The number of carbonyl (C=O) groups is 1. The number of carbonyl (C=O) groups excluding carboxylic acids is 1. The van der Waals surface area contributed by atoms with E-state index in [2.05, 4.69) is 6.07 Å². The van der Waals surface area contributed by atoms with Gasteiger partial charge in [0.05, 0.1) is 13.2 Å². The summed E-state index contributed by atoms with van der Waals surface area (Å²) < 4.78 is 11.8. The topological polar surface area (TPSA) is 35.5 Å². The largest absolute Gasteiger partial charge is 0.348 e. The van der Waals surface area contributed by atoms with Crippen LogP contribution < -0.4 is 0 Å². The molecule has 19 heavy (non-hydrogen) atoms. The van der Waals surface area contributed by atoms with Crippen LogP contribution in [-0.2, 0) is 14.9 Å². The molecule has 1 heterocycles. The molecule has 2 aliphatic carbocycles. The second kappa shape index (κ2) is 3.90. The highest BCUT2D eigenvalue weighted by Crippen LogP contribution is 2.53. The third-order valence-electron chi connectivity index (χ3n) is 4.93. The molecule has 1 aliphatic heterocycles. The Hall–Kier alpha value is -1.19. The first kappa shape index (κ1) is 11.6. The molecule has 100 valence electrons. The summed E-state index contributed by atoms with van der Waals surface area (Å²) in [7, 11) is 0. The van der Waals surface area contributed by atoms with E-state index >= 15 is 0 Å². The quantitative estimate of drug-likeness (QED) is 0.718. The zero-order valence-electron chi connectivity index (χ0n) is 11.0. The minimum atomic E-state index is -0.421. The lowest BCUT2D eigenvalue weighted by atomic mass is 9.68. The van der Waals surface area contributed by atoms with Crippen LogP contribution in [0.5, 0.6) is 0 Å². The molecule has 3 aliphatic rings. The molecule has 1 aromatic rings. The lowest BCUT2D eigenvalue weighted by Gasteiger charge is -2.43. The Morgan fingerprint density at radius 1 is 1.05 bits per heavy atom. The van der Waals surface area contributed by atoms with Gasteiger partial charge < -0.3 is 9.47 Å². The van der Waals surface area contributed by atoms with Crippen LogP contribution in [0.2, 0.25) is 0 Å². The number of benzene rings is 1. The lowest BCUT2D eigenvalue weighted by Crippen LogP contribution is -2.44. The Kier molecular flexibility index (Phi) is 2.39. The van der Waals surface area contributed by atoms with Gasteiger partial charge in [0, 0.05) is 30.2 Å². The number of hydrogen-bond donors (Lipinski definition) is 0. The first-order valence-corrected chi connectivity index (χ1v) is 7.14. The molecule has 2 spiro atoms. The molecule has 0 aromatic heterocycles. The highest BCUT2D eigenvalue weighted by molar-refractivity contribution is 6.02. The average molecular weight is 258 g/mol. The molecule has 0 N–H and O–H groups in total. The van der Waals surface area contributed by atoms with E-state index in [-0.39, 0.29) is 11.2 Å². The SMILES string of the molecule is O=C1C[C@]2(CCCC3(C2)OCCO3)c2ccccc21. The maximum absolute atomic E-state index is 12.3. The van der Waals surface area contributed by atoms with E-state index in [0.29, 0.717) is 19.6 Å². The summed E-state index contributed by atoms with van der Waals surface area (Å²) in [4.78, 5) is 12.3. The summed E-state index contributed by atoms with van der Waals surface area (Å²) in [6.45, 7) is 1.37. The van der Waals surface area contributed by atoms with Crippen molar-refractivity contribution in [2.24, 2.45) is 0 Å². The lowest BCUT2D eigenvalue weighted by molar-refractivity contribution is -0.190. The van der Waals surface area contributed by atoms with Crippen LogP contribution in [-0.4, -0.2) is 24.8 Å². The Labute approximate surface area is 112 Å². The number of Topliss-reactive ketones (excluding diaryl/α,β-unsaturated/α-hetero) is 1. The first-order valence-electron chi connectivity index (χ1n) is 7.14. The number of hydrogen-bond acceptors (Lipinski definition) is 3. The number of ether oxygens (including phenoxy) is 2. The van der Waals surface area contributed by atoms with Gasteiger partial charge >= 0.3 is 0 Å². The van der Waals surface area contributed by atoms with E-state index in [0.717, 1.165) is 31.2 Å². The fourth-order valence-corrected chi connectivity index (χ4v) is 4.20. The second-order valence-corrected chi connectivity index (χ2v) is 6.06. The van der Waals surface area contributed by atoms with E-state index < -0.39 is 5.79 Å². The van der Waals surface area contributed by atoms with Crippen molar-refractivity contribution in [3.63, 3.8) is 0 Å². The molecule has 3 nitrogen and oxygen atoms in total. The van der Waals surface area contributed by atoms with Crippen molar-refractivity contribution in [2.45, 2.75) is 43.3 Å². The molecular formula is C16H18O3. The minimum Gasteiger partial charge on any atom is -0.348 e. The van der Waals surface area contributed by atoms with E-state index in [9.17, 15) is 4.79 Å². The first-order chi connectivity index (χ1) is 9.23. The van der Waals surface area contributed by atoms with Gasteiger partial charge in [-0.1, -0.05) is 24.3 Å². The van der Waals surface area contributed by atoms with Gasteiger partial charge in [-0.3, -0.25) is 4.79 Å². The molecule has 0 bridgehead atoms. The average Bonchev–Trinajstić information content (AvgIpc) is 2.96. The molecule has 2 fully saturated rings. The summed E-state index contributed by atoms with van der Waals surface area (Å²) in [6.07, 6.45) is 4.57. The highest BCUT2D eigenvalue weighted by atomic mass is 16.7. The highest BCUT2D eigenvalue weighted by Gasteiger charge is 2.53.